The van der Waals surface area contributed by atoms with Crippen molar-refractivity contribution in [1.82, 2.24) is 0 Å². The van der Waals surface area contributed by atoms with Crippen molar-refractivity contribution in [3.8, 4) is 23.0 Å². The molecule has 2 aromatic carbocycles. The number of rotatable bonds is 4. The number of ether oxygens (including phenoxy) is 2. The van der Waals surface area contributed by atoms with E-state index in [0.717, 1.165) is 6.07 Å². The fraction of sp³-hybridized carbons (Fsp3) is 0.391. The van der Waals surface area contributed by atoms with Crippen molar-refractivity contribution in [2.24, 2.45) is 0 Å². The minimum Gasteiger partial charge on any atom is -0.504 e. The first-order valence-electron chi connectivity index (χ1n) is 10.5. The van der Waals surface area contributed by atoms with Gasteiger partial charge in [0.15, 0.2) is 29.3 Å². The van der Waals surface area contributed by atoms with E-state index in [-0.39, 0.29) is 23.5 Å². The van der Waals surface area contributed by atoms with Crippen LogP contribution in [0.2, 0.25) is 0 Å². The van der Waals surface area contributed by atoms with Gasteiger partial charge in [-0.2, -0.15) is 0 Å². The van der Waals surface area contributed by atoms with Crippen LogP contribution >= 0.6 is 0 Å². The largest absolute Gasteiger partial charge is 0.504 e. The number of benzene rings is 2. The first kappa shape index (κ1) is 24.2. The lowest BCUT2D eigenvalue weighted by molar-refractivity contribution is -0.317. The van der Waals surface area contributed by atoms with E-state index in [2.05, 4.69) is 0 Å². The zero-order chi connectivity index (χ0) is 24.7. The average molecular weight is 478 g/mol. The van der Waals surface area contributed by atoms with Gasteiger partial charge >= 0.3 is 0 Å². The molecule has 34 heavy (non-hydrogen) atoms. The van der Waals surface area contributed by atoms with E-state index in [9.17, 15) is 46.0 Å². The highest BCUT2D eigenvalue weighted by Crippen LogP contribution is 2.43. The lowest BCUT2D eigenvalue weighted by Crippen LogP contribution is -2.59. The molecule has 2 aliphatic rings. The molecule has 0 amide bonds. The quantitative estimate of drug-likeness (QED) is 0.258. The van der Waals surface area contributed by atoms with Crippen LogP contribution in [0.1, 0.15) is 29.2 Å². The van der Waals surface area contributed by atoms with E-state index < -0.39 is 61.0 Å². The monoisotopic (exact) mass is 478 g/mol. The molecule has 9 N–H and O–H groups in total. The van der Waals surface area contributed by atoms with Crippen molar-refractivity contribution in [3.05, 3.63) is 53.1 Å². The van der Waals surface area contributed by atoms with Gasteiger partial charge in [-0.15, -0.1) is 0 Å². The van der Waals surface area contributed by atoms with Crippen LogP contribution in [-0.4, -0.2) is 89.4 Å². The molecular weight excluding hydrogens is 452 g/mol. The van der Waals surface area contributed by atoms with Crippen LogP contribution in [0.4, 0.5) is 0 Å². The highest BCUT2D eigenvalue weighted by molar-refractivity contribution is 5.84. The minimum atomic E-state index is -1.68. The van der Waals surface area contributed by atoms with Gasteiger partial charge in [-0.25, -0.2) is 0 Å². The normalized spacial score (nSPS) is 31.4. The molecule has 0 unspecified atom stereocenters. The van der Waals surface area contributed by atoms with Crippen molar-refractivity contribution < 1.29 is 55.4 Å². The Bertz CT molecular complexity index is 1080. The van der Waals surface area contributed by atoms with Gasteiger partial charge in [0.1, 0.15) is 30.5 Å². The fourth-order valence-electron chi connectivity index (χ4n) is 4.19. The molecule has 0 spiro atoms. The van der Waals surface area contributed by atoms with Gasteiger partial charge in [-0.1, -0.05) is 12.1 Å². The molecule has 1 aliphatic carbocycles. The van der Waals surface area contributed by atoms with Gasteiger partial charge in [0.05, 0.1) is 12.7 Å². The second kappa shape index (κ2) is 9.39. The fourth-order valence-corrected chi connectivity index (χ4v) is 4.19. The van der Waals surface area contributed by atoms with Crippen LogP contribution < -0.4 is 0 Å². The first-order valence-corrected chi connectivity index (χ1v) is 10.5. The summed E-state index contributed by atoms with van der Waals surface area (Å²) < 4.78 is 11.1. The molecule has 11 nitrogen and oxygen atoms in total. The molecule has 2 aromatic rings. The molecule has 0 bridgehead atoms. The Balaban J connectivity index is 1.72. The van der Waals surface area contributed by atoms with Crippen LogP contribution in [0.15, 0.2) is 36.4 Å². The molecule has 1 aliphatic heterocycles. The number of phenolic OH excluding ortho intramolecular Hbond substituents is 4. The highest BCUT2D eigenvalue weighted by Gasteiger charge is 2.45. The molecular formula is C23H26O11. The number of aliphatic hydroxyl groups is 5. The lowest BCUT2D eigenvalue weighted by atomic mass is 9.92. The minimum absolute atomic E-state index is 0.0172. The van der Waals surface area contributed by atoms with E-state index >= 15 is 0 Å². The number of hydrogen-bond acceptors (Lipinski definition) is 11. The van der Waals surface area contributed by atoms with Crippen molar-refractivity contribution >= 4 is 5.57 Å². The maximum atomic E-state index is 11.1. The summed E-state index contributed by atoms with van der Waals surface area (Å²) in [6.07, 6.45) is -8.48. The van der Waals surface area contributed by atoms with E-state index in [1.54, 1.807) is 6.08 Å². The molecule has 1 saturated heterocycles. The summed E-state index contributed by atoms with van der Waals surface area (Å²) in [5, 5.41) is 90.5. The third-order valence-electron chi connectivity index (χ3n) is 6.11. The predicted octanol–water partition coefficient (Wildman–Crippen LogP) is -0.437. The second-order valence-corrected chi connectivity index (χ2v) is 8.30. The Morgan fingerprint density at radius 1 is 0.824 bits per heavy atom. The number of hydrogen-bond donors (Lipinski definition) is 9. The number of phenols is 4. The molecule has 7 atom stereocenters. The third kappa shape index (κ3) is 4.30. The van der Waals surface area contributed by atoms with Crippen molar-refractivity contribution in [2.45, 2.75) is 49.3 Å². The summed E-state index contributed by atoms with van der Waals surface area (Å²) in [6.45, 7) is -0.650. The van der Waals surface area contributed by atoms with Gasteiger partial charge in [-0.05, 0) is 52.9 Å². The van der Waals surface area contributed by atoms with E-state index in [1.165, 1.54) is 24.3 Å². The van der Waals surface area contributed by atoms with Crippen LogP contribution in [0.3, 0.4) is 0 Å². The smallest absolute Gasteiger partial charge is 0.187 e. The maximum absolute atomic E-state index is 11.1. The Hall–Kier alpha value is -2.90. The molecule has 0 radical (unpaired) electrons. The van der Waals surface area contributed by atoms with Crippen LogP contribution in [0.25, 0.3) is 5.57 Å². The van der Waals surface area contributed by atoms with Gasteiger partial charge < -0.3 is 55.4 Å². The molecule has 0 saturated carbocycles. The van der Waals surface area contributed by atoms with Crippen LogP contribution in [0.5, 0.6) is 23.0 Å². The van der Waals surface area contributed by atoms with Gasteiger partial charge in [-0.3, -0.25) is 0 Å². The maximum Gasteiger partial charge on any atom is 0.187 e. The summed E-state index contributed by atoms with van der Waals surface area (Å²) in [7, 11) is 0. The molecule has 4 rings (SSSR count). The van der Waals surface area contributed by atoms with E-state index in [4.69, 9.17) is 9.47 Å². The number of aliphatic hydroxyl groups excluding tert-OH is 5. The standard InChI is InChI=1S/C23H26O11/c24-8-18-20(30)21(31)22(32)23(34-18)33-17-4-2-10(9-1-3-13(25)14(26)5-9)11-6-15(27)16(28)7-12(11)19(17)29/h1-3,5-7,17-32H,4,8H2/t17-,18+,19-,20+,21-,22+,23+/m0/s1. The van der Waals surface area contributed by atoms with E-state index in [0.29, 0.717) is 16.7 Å². The Morgan fingerprint density at radius 3 is 2.18 bits per heavy atom. The van der Waals surface area contributed by atoms with Crippen molar-refractivity contribution in [2.75, 3.05) is 6.61 Å². The summed E-state index contributed by atoms with van der Waals surface area (Å²) >= 11 is 0. The first-order chi connectivity index (χ1) is 16.1. The summed E-state index contributed by atoms with van der Waals surface area (Å²) in [5.74, 6) is -1.68. The lowest BCUT2D eigenvalue weighted by Gasteiger charge is -2.41. The van der Waals surface area contributed by atoms with E-state index in [1.807, 2.05) is 0 Å². The SMILES string of the molecule is OC[C@H]1O[C@@H](O[C@H]2CC=C(c3ccc(O)c(O)c3)c3cc(O)c(O)cc3[C@@H]2O)[C@H](O)[C@@H](O)[C@@H]1O. The second-order valence-electron chi connectivity index (χ2n) is 8.30. The summed E-state index contributed by atoms with van der Waals surface area (Å²) in [5.41, 5.74) is 1.34. The summed E-state index contributed by atoms with van der Waals surface area (Å²) in [4.78, 5) is 0. The topological polar surface area (TPSA) is 201 Å². The van der Waals surface area contributed by atoms with Crippen molar-refractivity contribution in [3.63, 3.8) is 0 Å². The molecule has 184 valence electrons. The summed E-state index contributed by atoms with van der Waals surface area (Å²) in [6, 6.07) is 6.46. The third-order valence-corrected chi connectivity index (χ3v) is 6.11. The molecule has 11 heteroatoms. The van der Waals surface area contributed by atoms with Gasteiger partial charge in [0.2, 0.25) is 0 Å². The van der Waals surface area contributed by atoms with Crippen LogP contribution in [-0.2, 0) is 9.47 Å². The average Bonchev–Trinajstić information content (AvgIpc) is 2.93. The Kier molecular flexibility index (Phi) is 6.69. The van der Waals surface area contributed by atoms with Gasteiger partial charge in [0.25, 0.3) is 0 Å². The predicted molar refractivity (Wildman–Crippen MR) is 115 cm³/mol. The Labute approximate surface area is 193 Å². The molecule has 1 fully saturated rings. The van der Waals surface area contributed by atoms with Crippen molar-refractivity contribution in [1.29, 1.82) is 0 Å². The van der Waals surface area contributed by atoms with Crippen LogP contribution in [0, 0.1) is 0 Å². The number of aromatic hydroxyl groups is 4. The zero-order valence-electron chi connectivity index (χ0n) is 17.8. The zero-order valence-corrected chi connectivity index (χ0v) is 17.8. The Morgan fingerprint density at radius 2 is 1.50 bits per heavy atom. The number of fused-ring (bicyclic) bond motifs is 1. The molecule has 1 heterocycles. The van der Waals surface area contributed by atoms with Gasteiger partial charge in [0, 0.05) is 0 Å². The molecule has 0 aromatic heterocycles. The highest BCUT2D eigenvalue weighted by atomic mass is 16.7.